The number of ether oxygens (including phenoxy) is 1. The van der Waals surface area contributed by atoms with Gasteiger partial charge < -0.3 is 10.5 Å². The van der Waals surface area contributed by atoms with E-state index in [4.69, 9.17) is 10.5 Å². The fourth-order valence-corrected chi connectivity index (χ4v) is 4.53. The first-order chi connectivity index (χ1) is 16.8. The van der Waals surface area contributed by atoms with Crippen LogP contribution in [0.1, 0.15) is 0 Å². The van der Waals surface area contributed by atoms with Gasteiger partial charge in [0.05, 0.1) is 24.2 Å². The number of benzene rings is 2. The molecule has 180 valence electrons. The first kappa shape index (κ1) is 23.9. The minimum absolute atomic E-state index is 0.0370. The highest BCUT2D eigenvalue weighted by Crippen LogP contribution is 2.33. The van der Waals surface area contributed by atoms with E-state index in [2.05, 4.69) is 28.2 Å². The van der Waals surface area contributed by atoms with Gasteiger partial charge in [0.2, 0.25) is 0 Å². The highest BCUT2D eigenvalue weighted by Gasteiger charge is 2.22. The maximum Gasteiger partial charge on any atom is 0.256 e. The predicted octanol–water partition coefficient (Wildman–Crippen LogP) is 3.76. The van der Waals surface area contributed by atoms with Crippen LogP contribution in [0.25, 0.3) is 22.3 Å². The average molecular weight is 495 g/mol. The van der Waals surface area contributed by atoms with Gasteiger partial charge in [-0.25, -0.2) is 27.5 Å². The van der Waals surface area contributed by atoms with E-state index in [-0.39, 0.29) is 25.5 Å². The molecule has 0 aliphatic heterocycles. The maximum absolute atomic E-state index is 14.4. The molecule has 2 heterocycles. The van der Waals surface area contributed by atoms with Crippen molar-refractivity contribution in [2.45, 2.75) is 6.54 Å². The van der Waals surface area contributed by atoms with Crippen molar-refractivity contribution >= 4 is 32.6 Å². The fourth-order valence-electron chi connectivity index (χ4n) is 3.60. The van der Waals surface area contributed by atoms with Gasteiger partial charge in [0.15, 0.2) is 5.65 Å². The van der Waals surface area contributed by atoms with Crippen molar-refractivity contribution in [3.63, 3.8) is 0 Å². The van der Waals surface area contributed by atoms with Gasteiger partial charge in [-0.05, 0) is 24.3 Å². The summed E-state index contributed by atoms with van der Waals surface area (Å²) in [4.78, 5) is 8.35. The third-order valence-electron chi connectivity index (χ3n) is 5.15. The molecule has 11 heteroatoms. The summed E-state index contributed by atoms with van der Waals surface area (Å²) < 4.78 is 48.0. The molecule has 0 amide bonds. The molecule has 0 radical (unpaired) electrons. The van der Waals surface area contributed by atoms with Crippen LogP contribution < -0.4 is 14.8 Å². The Morgan fingerprint density at radius 1 is 1.14 bits per heavy atom. The summed E-state index contributed by atoms with van der Waals surface area (Å²) in [6.07, 6.45) is 2.84. The number of rotatable bonds is 10. The zero-order valence-electron chi connectivity index (χ0n) is 18.7. The van der Waals surface area contributed by atoms with Gasteiger partial charge in [-0.2, -0.15) is 5.10 Å². The molecule has 2 aromatic heterocycles. The first-order valence-electron chi connectivity index (χ1n) is 10.6. The highest BCUT2D eigenvalue weighted by atomic mass is 32.2. The molecule has 0 saturated heterocycles. The van der Waals surface area contributed by atoms with Crippen molar-refractivity contribution in [1.29, 1.82) is 0 Å². The fraction of sp³-hybridized carbons (Fsp3) is 0.125. The van der Waals surface area contributed by atoms with Crippen molar-refractivity contribution in [1.82, 2.24) is 19.7 Å². The van der Waals surface area contributed by atoms with Gasteiger partial charge in [-0.1, -0.05) is 37.4 Å². The molecule has 35 heavy (non-hydrogen) atoms. The number of anilines is 2. The number of hydrogen-bond acceptors (Lipinski definition) is 7. The number of hydrogen-bond donors (Lipinski definition) is 1. The number of sulfonamides is 1. The van der Waals surface area contributed by atoms with Gasteiger partial charge in [-0.15, -0.1) is 0 Å². The molecule has 9 nitrogen and oxygen atoms in total. The van der Waals surface area contributed by atoms with E-state index < -0.39 is 15.8 Å². The molecule has 0 bridgehead atoms. The lowest BCUT2D eigenvalue weighted by Crippen LogP contribution is -2.32. The topological polar surface area (TPSA) is 116 Å². The molecule has 2 aromatic carbocycles. The maximum atomic E-state index is 14.4. The molecular formula is C24H23FN6O3S. The van der Waals surface area contributed by atoms with E-state index in [9.17, 15) is 12.8 Å². The van der Waals surface area contributed by atoms with Gasteiger partial charge >= 0.3 is 0 Å². The van der Waals surface area contributed by atoms with Crippen LogP contribution in [0.4, 0.5) is 15.9 Å². The Labute approximate surface area is 202 Å². The molecule has 0 fully saturated rings. The number of aromatic nitrogens is 4. The molecule has 0 unspecified atom stereocenters. The molecule has 4 aromatic rings. The minimum Gasteiger partial charge on any atom is -0.489 e. The number of nitrogens with zero attached hydrogens (tertiary/aromatic N) is 5. The van der Waals surface area contributed by atoms with Gasteiger partial charge in [0, 0.05) is 17.0 Å². The van der Waals surface area contributed by atoms with E-state index in [0.29, 0.717) is 33.7 Å². The standard InChI is InChI=1S/C24H23FN6O3S/c1-3-12-34-20-14-17(13-18(25)15-20)22-21-23(26)27-16-28-24(21)30(29-22)10-11-31(35(32,33)4-2)19-8-6-5-7-9-19/h3-9,13-16H,1-2,10-12H2,(H2,26,27,28). The summed E-state index contributed by atoms with van der Waals surface area (Å²) >= 11 is 0. The van der Waals surface area contributed by atoms with Gasteiger partial charge in [-0.3, -0.25) is 4.31 Å². The number of para-hydroxylation sites is 1. The summed E-state index contributed by atoms with van der Waals surface area (Å²) in [5, 5.41) is 5.92. The van der Waals surface area contributed by atoms with Crippen molar-refractivity contribution in [3.8, 4) is 17.0 Å². The van der Waals surface area contributed by atoms with Crippen LogP contribution in [-0.4, -0.2) is 41.3 Å². The van der Waals surface area contributed by atoms with Crippen LogP contribution in [0.15, 0.2) is 79.5 Å². The number of fused-ring (bicyclic) bond motifs is 1. The van der Waals surface area contributed by atoms with Gasteiger partial charge in [0.1, 0.15) is 36.0 Å². The summed E-state index contributed by atoms with van der Waals surface area (Å²) in [5.41, 5.74) is 7.76. The van der Waals surface area contributed by atoms with Gasteiger partial charge in [0.25, 0.3) is 10.0 Å². The average Bonchev–Trinajstić information content (AvgIpc) is 3.23. The molecule has 0 aliphatic rings. The predicted molar refractivity (Wildman–Crippen MR) is 134 cm³/mol. The molecule has 0 saturated carbocycles. The second-order valence-corrected chi connectivity index (χ2v) is 9.23. The number of nitrogen functional groups attached to an aromatic ring is 1. The van der Waals surface area contributed by atoms with Crippen LogP contribution in [0.3, 0.4) is 0 Å². The van der Waals surface area contributed by atoms with Crippen LogP contribution >= 0.6 is 0 Å². The molecule has 0 spiro atoms. The Balaban J connectivity index is 1.77. The Morgan fingerprint density at radius 2 is 1.91 bits per heavy atom. The van der Waals surface area contributed by atoms with Crippen LogP contribution in [-0.2, 0) is 16.6 Å². The zero-order chi connectivity index (χ0) is 25.0. The van der Waals surface area contributed by atoms with Crippen molar-refractivity contribution < 1.29 is 17.5 Å². The van der Waals surface area contributed by atoms with E-state index in [1.165, 1.54) is 27.4 Å². The second-order valence-electron chi connectivity index (χ2n) is 7.42. The van der Waals surface area contributed by atoms with E-state index in [1.807, 2.05) is 0 Å². The minimum atomic E-state index is -3.79. The molecule has 0 aliphatic carbocycles. The van der Waals surface area contributed by atoms with E-state index >= 15 is 0 Å². The van der Waals surface area contributed by atoms with E-state index in [1.54, 1.807) is 42.5 Å². The first-order valence-corrected chi connectivity index (χ1v) is 12.1. The summed E-state index contributed by atoms with van der Waals surface area (Å²) in [7, 11) is -3.79. The Bertz CT molecular complexity index is 1490. The third-order valence-corrected chi connectivity index (χ3v) is 6.58. The highest BCUT2D eigenvalue weighted by molar-refractivity contribution is 7.95. The largest absolute Gasteiger partial charge is 0.489 e. The van der Waals surface area contributed by atoms with Crippen LogP contribution in [0.2, 0.25) is 0 Å². The molecule has 4 rings (SSSR count). The van der Waals surface area contributed by atoms with Crippen LogP contribution in [0, 0.1) is 5.82 Å². The molecule has 0 atom stereocenters. The summed E-state index contributed by atoms with van der Waals surface area (Å²) in [5.74, 6) is -0.0648. The monoisotopic (exact) mass is 494 g/mol. The van der Waals surface area contributed by atoms with Crippen molar-refractivity contribution in [2.24, 2.45) is 0 Å². The van der Waals surface area contributed by atoms with Crippen molar-refractivity contribution in [3.05, 3.63) is 85.3 Å². The lowest BCUT2D eigenvalue weighted by Gasteiger charge is -2.22. The second kappa shape index (κ2) is 9.94. The quantitative estimate of drug-likeness (QED) is 0.334. The van der Waals surface area contributed by atoms with Crippen molar-refractivity contribution in [2.75, 3.05) is 23.2 Å². The van der Waals surface area contributed by atoms with E-state index in [0.717, 1.165) is 5.41 Å². The molecule has 2 N–H and O–H groups in total. The number of halogens is 1. The summed E-state index contributed by atoms with van der Waals surface area (Å²) in [6, 6.07) is 12.8. The Morgan fingerprint density at radius 3 is 2.63 bits per heavy atom. The SMILES string of the molecule is C=CCOc1cc(F)cc(-c2nn(CCN(c3ccccc3)S(=O)(=O)C=C)c3ncnc(N)c23)c1. The Kier molecular flexibility index (Phi) is 6.78. The number of nitrogens with two attached hydrogens (primary N) is 1. The lowest BCUT2D eigenvalue weighted by atomic mass is 10.1. The lowest BCUT2D eigenvalue weighted by molar-refractivity contribution is 0.361. The Hall–Kier alpha value is -4.25. The third kappa shape index (κ3) is 4.99. The zero-order valence-corrected chi connectivity index (χ0v) is 19.5. The normalized spacial score (nSPS) is 11.3. The molecular weight excluding hydrogens is 471 g/mol. The smallest absolute Gasteiger partial charge is 0.256 e. The van der Waals surface area contributed by atoms with Crippen LogP contribution in [0.5, 0.6) is 5.75 Å². The summed E-state index contributed by atoms with van der Waals surface area (Å²) in [6.45, 7) is 7.40.